The smallest absolute Gasteiger partial charge is 0.367 e. The van der Waals surface area contributed by atoms with Crippen LogP contribution in [0.1, 0.15) is 102 Å². The van der Waals surface area contributed by atoms with Crippen molar-refractivity contribution in [1.29, 1.82) is 0 Å². The van der Waals surface area contributed by atoms with Gasteiger partial charge in [0.05, 0.1) is 12.1 Å². The van der Waals surface area contributed by atoms with E-state index < -0.39 is 0 Å². The molecule has 6 atom stereocenters. The molecule has 4 bridgehead atoms. The third kappa shape index (κ3) is 4.13. The second kappa shape index (κ2) is 10.8. The SMILES string of the molecule is CC1(C)C2CCC1(C)C(NC(N(N=C(N)N)c1ccc3c4c(cccc14)CC3)=[N+](c1ccc3c4c(cccc14)CC3)C1CC3CCC1(C)C3(C)C)C2. The fourth-order valence-electron chi connectivity index (χ4n) is 13.0. The lowest BCUT2D eigenvalue weighted by Gasteiger charge is -2.41. The highest BCUT2D eigenvalue weighted by Gasteiger charge is 2.66. The minimum atomic E-state index is 0.0712. The van der Waals surface area contributed by atoms with E-state index >= 15 is 0 Å². The normalized spacial score (nSPS) is 31.8. The fourth-order valence-corrected chi connectivity index (χ4v) is 13.0. The van der Waals surface area contributed by atoms with Crippen LogP contribution < -0.4 is 21.8 Å². The number of hydrogen-bond acceptors (Lipinski definition) is 1. The maximum atomic E-state index is 6.51. The van der Waals surface area contributed by atoms with Gasteiger partial charge in [-0.15, -0.1) is 5.01 Å². The lowest BCUT2D eigenvalue weighted by Crippen LogP contribution is -2.57. The van der Waals surface area contributed by atoms with Crippen LogP contribution >= 0.6 is 0 Å². The lowest BCUT2D eigenvalue weighted by molar-refractivity contribution is -0.508. The van der Waals surface area contributed by atoms with E-state index in [1.54, 1.807) is 0 Å². The van der Waals surface area contributed by atoms with Crippen LogP contribution in [-0.4, -0.2) is 28.6 Å². The molecule has 6 unspecified atom stereocenters. The van der Waals surface area contributed by atoms with Crippen molar-refractivity contribution in [2.75, 3.05) is 5.01 Å². The summed E-state index contributed by atoms with van der Waals surface area (Å²) in [5, 5.41) is 17.1. The number of nitrogens with one attached hydrogen (secondary N) is 1. The molecule has 10 rings (SSSR count). The first-order valence-corrected chi connectivity index (χ1v) is 20.2. The van der Waals surface area contributed by atoms with Crippen molar-refractivity contribution in [3.8, 4) is 0 Å². The summed E-state index contributed by atoms with van der Waals surface area (Å²) in [5.41, 5.74) is 21.8. The minimum Gasteiger partial charge on any atom is -0.367 e. The highest BCUT2D eigenvalue weighted by Crippen LogP contribution is 2.68. The summed E-state index contributed by atoms with van der Waals surface area (Å²) in [6.45, 7) is 15.2. The molecular weight excluding hydrogens is 637 g/mol. The van der Waals surface area contributed by atoms with Gasteiger partial charge in [-0.1, -0.05) is 95.2 Å². The van der Waals surface area contributed by atoms with E-state index in [2.05, 4.69) is 117 Å². The first-order chi connectivity index (χ1) is 24.8. The number of guanidine groups is 2. The van der Waals surface area contributed by atoms with Gasteiger partial charge in [-0.25, -0.2) is 4.58 Å². The zero-order valence-corrected chi connectivity index (χ0v) is 32.2. The molecule has 4 saturated carbocycles. The molecule has 0 aliphatic heterocycles. The van der Waals surface area contributed by atoms with Gasteiger partial charge in [-0.05, 0) is 132 Å². The van der Waals surface area contributed by atoms with Crippen molar-refractivity contribution in [2.24, 2.45) is 50.1 Å². The van der Waals surface area contributed by atoms with E-state index in [1.165, 1.54) is 75.2 Å². The standard InChI is InChI=1S/C46H56N6/c1-43(2)31-21-23-45(43,5)37(25-31)49-42(52(50-41(47)48)36-20-18-30-16-14-28-10-8-12-34(36)40(28)30)51(38-26-32-22-24-46(38,6)44(32,3)4)35-19-17-29-15-13-27-9-7-11-33(35)39(27)29/h7-12,17-20,31-32,37-38H,13-16,21-26H2,1-6H3,(H4,47,48,50)/p+1. The van der Waals surface area contributed by atoms with Crippen LogP contribution in [0, 0.1) is 33.5 Å². The number of aryl methyl sites for hydroxylation is 4. The van der Waals surface area contributed by atoms with E-state index in [1.807, 2.05) is 0 Å². The van der Waals surface area contributed by atoms with Crippen LogP contribution in [0.15, 0.2) is 65.8 Å². The molecule has 0 saturated heterocycles. The molecule has 270 valence electrons. The zero-order valence-electron chi connectivity index (χ0n) is 32.2. The largest absolute Gasteiger partial charge is 0.383 e. The summed E-state index contributed by atoms with van der Waals surface area (Å²) in [6.07, 6.45) is 11.7. The average Bonchev–Trinajstić information content (AvgIpc) is 3.91. The monoisotopic (exact) mass is 693 g/mol. The first kappa shape index (κ1) is 32.6. The quantitative estimate of drug-likeness (QED) is 0.0844. The summed E-state index contributed by atoms with van der Waals surface area (Å²) in [5.74, 6) is 2.43. The van der Waals surface area contributed by atoms with Gasteiger partial charge in [-0.3, -0.25) is 5.32 Å². The van der Waals surface area contributed by atoms with Crippen molar-refractivity contribution in [2.45, 2.75) is 118 Å². The maximum absolute atomic E-state index is 6.51. The zero-order chi connectivity index (χ0) is 35.9. The van der Waals surface area contributed by atoms with Crippen LogP contribution in [0.4, 0.5) is 11.4 Å². The molecule has 6 heteroatoms. The number of rotatable bonds is 5. The molecule has 4 aromatic carbocycles. The molecular formula is C46H57N6+. The third-order valence-electron chi connectivity index (χ3n) is 17.0. The molecule has 0 heterocycles. The van der Waals surface area contributed by atoms with Gasteiger partial charge in [-0.2, -0.15) is 0 Å². The number of benzene rings is 4. The Balaban J connectivity index is 1.31. The van der Waals surface area contributed by atoms with Gasteiger partial charge in [0.1, 0.15) is 11.4 Å². The van der Waals surface area contributed by atoms with Crippen molar-refractivity contribution in [1.82, 2.24) is 5.32 Å². The highest BCUT2D eigenvalue weighted by molar-refractivity contribution is 6.07. The number of anilines is 1. The molecule has 4 fully saturated rings. The predicted octanol–water partition coefficient (Wildman–Crippen LogP) is 8.90. The molecule has 0 amide bonds. The van der Waals surface area contributed by atoms with Crippen molar-refractivity contribution in [3.05, 3.63) is 82.9 Å². The molecule has 6 nitrogen and oxygen atoms in total. The van der Waals surface area contributed by atoms with Crippen molar-refractivity contribution < 1.29 is 4.58 Å². The molecule has 0 aromatic heterocycles. The van der Waals surface area contributed by atoms with E-state index in [9.17, 15) is 0 Å². The van der Waals surface area contributed by atoms with Crippen LogP contribution in [0.5, 0.6) is 0 Å². The van der Waals surface area contributed by atoms with Crippen LogP contribution in [-0.2, 0) is 25.7 Å². The molecule has 5 N–H and O–H groups in total. The minimum absolute atomic E-state index is 0.0712. The maximum Gasteiger partial charge on any atom is 0.383 e. The van der Waals surface area contributed by atoms with Gasteiger partial charge in [0.2, 0.25) is 5.96 Å². The van der Waals surface area contributed by atoms with E-state index in [4.69, 9.17) is 16.6 Å². The van der Waals surface area contributed by atoms with Gasteiger partial charge >= 0.3 is 5.96 Å². The van der Waals surface area contributed by atoms with Crippen LogP contribution in [0.2, 0.25) is 0 Å². The Morgan fingerprint density at radius 3 is 1.81 bits per heavy atom. The van der Waals surface area contributed by atoms with Gasteiger partial charge in [0, 0.05) is 21.6 Å². The summed E-state index contributed by atoms with van der Waals surface area (Å²) in [4.78, 5) is 0. The second-order valence-electron chi connectivity index (χ2n) is 19.1. The van der Waals surface area contributed by atoms with E-state index in [-0.39, 0.29) is 39.7 Å². The Hall–Kier alpha value is -4.06. The first-order valence-electron chi connectivity index (χ1n) is 20.2. The Morgan fingerprint density at radius 2 is 1.25 bits per heavy atom. The van der Waals surface area contributed by atoms with Crippen molar-refractivity contribution >= 4 is 44.8 Å². The fraction of sp³-hybridized carbons (Fsp3) is 0.522. The van der Waals surface area contributed by atoms with Crippen LogP contribution in [0.3, 0.4) is 0 Å². The van der Waals surface area contributed by atoms with Crippen LogP contribution in [0.25, 0.3) is 21.5 Å². The number of hydrazone groups is 1. The number of hydrogen-bond donors (Lipinski definition) is 3. The lowest BCUT2D eigenvalue weighted by atomic mass is 9.69. The van der Waals surface area contributed by atoms with E-state index in [0.717, 1.165) is 50.2 Å². The molecule has 0 radical (unpaired) electrons. The molecule has 52 heavy (non-hydrogen) atoms. The topological polar surface area (TPSA) is 82.7 Å². The number of nitrogens with zero attached hydrogens (tertiary/aromatic N) is 3. The van der Waals surface area contributed by atoms with Gasteiger partial charge in [0.25, 0.3) is 0 Å². The predicted molar refractivity (Wildman–Crippen MR) is 215 cm³/mol. The second-order valence-corrected chi connectivity index (χ2v) is 19.1. The number of fused-ring (bicyclic) bond motifs is 4. The molecule has 4 aromatic rings. The average molecular weight is 694 g/mol. The Bertz CT molecular complexity index is 2220. The summed E-state index contributed by atoms with van der Waals surface area (Å²) in [6, 6.07) is 23.8. The Morgan fingerprint density at radius 1 is 0.692 bits per heavy atom. The van der Waals surface area contributed by atoms with Gasteiger partial charge in [0.15, 0.2) is 0 Å². The summed E-state index contributed by atoms with van der Waals surface area (Å²) in [7, 11) is 0. The Kier molecular flexibility index (Phi) is 6.74. The summed E-state index contributed by atoms with van der Waals surface area (Å²) >= 11 is 0. The number of nitrogens with two attached hydrogens (primary N) is 2. The molecule has 0 spiro atoms. The Labute approximate surface area is 309 Å². The molecule has 6 aliphatic carbocycles. The molecule has 6 aliphatic rings. The van der Waals surface area contributed by atoms with Gasteiger partial charge < -0.3 is 11.5 Å². The third-order valence-corrected chi connectivity index (χ3v) is 17.0. The van der Waals surface area contributed by atoms with Crippen molar-refractivity contribution in [3.63, 3.8) is 0 Å². The summed E-state index contributed by atoms with van der Waals surface area (Å²) < 4.78 is 2.74. The highest BCUT2D eigenvalue weighted by atomic mass is 15.6. The van der Waals surface area contributed by atoms with E-state index in [0.29, 0.717) is 11.8 Å².